The third-order valence-corrected chi connectivity index (χ3v) is 6.33. The van der Waals surface area contributed by atoms with Crippen molar-refractivity contribution in [2.24, 2.45) is 0 Å². The molecule has 1 aliphatic rings. The van der Waals surface area contributed by atoms with E-state index in [0.29, 0.717) is 33.5 Å². The van der Waals surface area contributed by atoms with E-state index in [1.165, 1.54) is 6.20 Å². The molecule has 0 atom stereocenters. The standard InChI is InChI=1S/C19H15N3O3S/c1-25-14-4-2-13(3-5-14)22-19-12(10-20)11-21-16-6-7-17-15(18(16)19)8-9-26(17,23)24/h2-7,11H,8-9H2,1H3,(H,21,22). The van der Waals surface area contributed by atoms with Crippen LogP contribution < -0.4 is 10.1 Å². The van der Waals surface area contributed by atoms with E-state index in [0.717, 1.165) is 17.0 Å². The molecule has 0 aliphatic carbocycles. The number of sulfone groups is 1. The average molecular weight is 365 g/mol. The molecule has 0 unspecified atom stereocenters. The molecule has 0 bridgehead atoms. The first-order valence-corrected chi connectivity index (χ1v) is 9.67. The fraction of sp³-hybridized carbons (Fsp3) is 0.158. The van der Waals surface area contributed by atoms with E-state index in [-0.39, 0.29) is 5.75 Å². The molecule has 1 aliphatic heterocycles. The zero-order chi connectivity index (χ0) is 18.3. The van der Waals surface area contributed by atoms with Gasteiger partial charge >= 0.3 is 0 Å². The maximum absolute atomic E-state index is 12.3. The Morgan fingerprint density at radius 2 is 1.96 bits per heavy atom. The molecule has 0 radical (unpaired) electrons. The summed E-state index contributed by atoms with van der Waals surface area (Å²) in [5.74, 6) is 0.808. The minimum absolute atomic E-state index is 0.0835. The topological polar surface area (TPSA) is 92.1 Å². The van der Waals surface area contributed by atoms with Crippen LogP contribution in [0.2, 0.25) is 0 Å². The number of aryl methyl sites for hydroxylation is 1. The molecular weight excluding hydrogens is 350 g/mol. The molecule has 130 valence electrons. The Labute approximate surface area is 151 Å². The summed E-state index contributed by atoms with van der Waals surface area (Å²) in [6.45, 7) is 0. The third-order valence-electron chi connectivity index (χ3n) is 4.54. The van der Waals surface area contributed by atoms with Crippen LogP contribution in [0.3, 0.4) is 0 Å². The van der Waals surface area contributed by atoms with E-state index in [9.17, 15) is 13.7 Å². The molecule has 2 aromatic carbocycles. The zero-order valence-electron chi connectivity index (χ0n) is 14.0. The zero-order valence-corrected chi connectivity index (χ0v) is 14.8. The molecule has 0 saturated heterocycles. The van der Waals surface area contributed by atoms with Gasteiger partial charge in [0.1, 0.15) is 11.8 Å². The minimum Gasteiger partial charge on any atom is -0.497 e. The lowest BCUT2D eigenvalue weighted by Gasteiger charge is -2.14. The number of rotatable bonds is 3. The summed E-state index contributed by atoms with van der Waals surface area (Å²) in [7, 11) is -1.68. The lowest BCUT2D eigenvalue weighted by Crippen LogP contribution is -2.00. The highest BCUT2D eigenvalue weighted by Gasteiger charge is 2.29. The van der Waals surface area contributed by atoms with Crippen LogP contribution in [0.25, 0.3) is 10.9 Å². The fourth-order valence-corrected chi connectivity index (χ4v) is 4.80. The average Bonchev–Trinajstić information content (AvgIpc) is 2.97. The molecule has 26 heavy (non-hydrogen) atoms. The summed E-state index contributed by atoms with van der Waals surface area (Å²) in [4.78, 5) is 4.66. The van der Waals surface area contributed by atoms with Crippen molar-refractivity contribution in [1.82, 2.24) is 4.98 Å². The van der Waals surface area contributed by atoms with Gasteiger partial charge in [0.25, 0.3) is 0 Å². The summed E-state index contributed by atoms with van der Waals surface area (Å²) < 4.78 is 29.7. The largest absolute Gasteiger partial charge is 0.497 e. The summed E-state index contributed by atoms with van der Waals surface area (Å²) in [5.41, 5.74) is 3.11. The SMILES string of the molecule is COc1ccc(Nc2c(C#N)cnc3ccc4c(c23)CCS4(=O)=O)cc1. The highest BCUT2D eigenvalue weighted by molar-refractivity contribution is 7.91. The first-order valence-electron chi connectivity index (χ1n) is 8.02. The van der Waals surface area contributed by atoms with Crippen molar-refractivity contribution < 1.29 is 13.2 Å². The molecule has 0 saturated carbocycles. The van der Waals surface area contributed by atoms with Gasteiger partial charge in [0.15, 0.2) is 9.84 Å². The van der Waals surface area contributed by atoms with Gasteiger partial charge in [0, 0.05) is 17.3 Å². The molecule has 0 spiro atoms. The van der Waals surface area contributed by atoms with Crippen molar-refractivity contribution >= 4 is 32.1 Å². The summed E-state index contributed by atoms with van der Waals surface area (Å²) in [5, 5.41) is 13.5. The lowest BCUT2D eigenvalue weighted by molar-refractivity contribution is 0.415. The van der Waals surface area contributed by atoms with Crippen molar-refractivity contribution in [2.45, 2.75) is 11.3 Å². The summed E-state index contributed by atoms with van der Waals surface area (Å²) in [6, 6.07) is 12.7. The number of nitriles is 1. The molecule has 6 nitrogen and oxygen atoms in total. The quantitative estimate of drug-likeness (QED) is 0.766. The van der Waals surface area contributed by atoms with E-state index < -0.39 is 9.84 Å². The first-order chi connectivity index (χ1) is 12.5. The maximum atomic E-state index is 12.3. The maximum Gasteiger partial charge on any atom is 0.179 e. The number of nitrogens with zero attached hydrogens (tertiary/aromatic N) is 2. The summed E-state index contributed by atoms with van der Waals surface area (Å²) >= 11 is 0. The molecule has 1 N–H and O–H groups in total. The second kappa shape index (κ2) is 6.00. The molecular formula is C19H15N3O3S. The van der Waals surface area contributed by atoms with Crippen LogP contribution in [0, 0.1) is 11.3 Å². The van der Waals surface area contributed by atoms with Crippen molar-refractivity contribution in [3.63, 3.8) is 0 Å². The number of hydrogen-bond donors (Lipinski definition) is 1. The van der Waals surface area contributed by atoms with Crippen LogP contribution in [0.4, 0.5) is 11.4 Å². The van der Waals surface area contributed by atoms with Gasteiger partial charge in [-0.05, 0) is 48.4 Å². The van der Waals surface area contributed by atoms with Crippen molar-refractivity contribution in [3.05, 3.63) is 53.7 Å². The number of ether oxygens (including phenoxy) is 1. The van der Waals surface area contributed by atoms with Gasteiger partial charge in [-0.2, -0.15) is 5.26 Å². The second-order valence-electron chi connectivity index (χ2n) is 6.02. The van der Waals surface area contributed by atoms with E-state index in [1.54, 1.807) is 19.2 Å². The Morgan fingerprint density at radius 1 is 1.19 bits per heavy atom. The van der Waals surface area contributed by atoms with E-state index in [1.807, 2.05) is 24.3 Å². The van der Waals surface area contributed by atoms with Gasteiger partial charge in [-0.1, -0.05) is 0 Å². The van der Waals surface area contributed by atoms with E-state index >= 15 is 0 Å². The van der Waals surface area contributed by atoms with Crippen LogP contribution >= 0.6 is 0 Å². The Kier molecular flexibility index (Phi) is 3.78. The number of benzene rings is 2. The first kappa shape index (κ1) is 16.4. The Morgan fingerprint density at radius 3 is 2.65 bits per heavy atom. The number of pyridine rings is 1. The van der Waals surface area contributed by atoms with Gasteiger partial charge in [0.05, 0.1) is 34.5 Å². The number of anilines is 2. The van der Waals surface area contributed by atoms with Gasteiger partial charge in [-0.25, -0.2) is 8.42 Å². The Hall–Kier alpha value is -3.11. The Balaban J connectivity index is 1.94. The lowest BCUT2D eigenvalue weighted by atomic mass is 10.0. The number of fused-ring (bicyclic) bond motifs is 3. The van der Waals surface area contributed by atoms with Gasteiger partial charge < -0.3 is 10.1 Å². The molecule has 1 aromatic heterocycles. The van der Waals surface area contributed by atoms with Crippen molar-refractivity contribution in [3.8, 4) is 11.8 Å². The fourth-order valence-electron chi connectivity index (χ4n) is 3.26. The number of nitrogens with one attached hydrogen (secondary N) is 1. The molecule has 3 aromatic rings. The highest BCUT2D eigenvalue weighted by Crippen LogP contribution is 2.38. The van der Waals surface area contributed by atoms with E-state index in [4.69, 9.17) is 4.74 Å². The molecule has 7 heteroatoms. The van der Waals surface area contributed by atoms with Gasteiger partial charge in [-0.3, -0.25) is 4.98 Å². The predicted molar refractivity (Wildman–Crippen MR) is 98.5 cm³/mol. The van der Waals surface area contributed by atoms with E-state index in [2.05, 4.69) is 16.4 Å². The predicted octanol–water partition coefficient (Wildman–Crippen LogP) is 3.19. The molecule has 0 amide bonds. The Bertz CT molecular complexity index is 1160. The normalized spacial score (nSPS) is 14.6. The molecule has 4 rings (SSSR count). The highest BCUT2D eigenvalue weighted by atomic mass is 32.2. The number of methoxy groups -OCH3 is 1. The number of aromatic nitrogens is 1. The van der Waals surface area contributed by atoms with Crippen molar-refractivity contribution in [2.75, 3.05) is 18.2 Å². The van der Waals surface area contributed by atoms with Crippen LogP contribution in [0.15, 0.2) is 47.5 Å². The summed E-state index contributed by atoms with van der Waals surface area (Å²) in [6.07, 6.45) is 1.92. The molecule has 2 heterocycles. The second-order valence-corrected chi connectivity index (χ2v) is 8.09. The van der Waals surface area contributed by atoms with Crippen LogP contribution in [0.5, 0.6) is 5.75 Å². The van der Waals surface area contributed by atoms with Crippen molar-refractivity contribution in [1.29, 1.82) is 5.26 Å². The van der Waals surface area contributed by atoms with Gasteiger partial charge in [-0.15, -0.1) is 0 Å². The monoisotopic (exact) mass is 365 g/mol. The third kappa shape index (κ3) is 2.55. The molecule has 0 fully saturated rings. The van der Waals surface area contributed by atoms with Crippen LogP contribution in [0.1, 0.15) is 11.1 Å². The minimum atomic E-state index is -3.27. The number of hydrogen-bond acceptors (Lipinski definition) is 6. The van der Waals surface area contributed by atoms with Crippen LogP contribution in [-0.2, 0) is 16.3 Å². The van der Waals surface area contributed by atoms with Crippen LogP contribution in [-0.4, -0.2) is 26.3 Å². The smallest absolute Gasteiger partial charge is 0.179 e. The van der Waals surface area contributed by atoms with Gasteiger partial charge in [0.2, 0.25) is 0 Å².